The van der Waals surface area contributed by atoms with E-state index in [4.69, 9.17) is 22.1 Å². The highest BCUT2D eigenvalue weighted by molar-refractivity contribution is 6.31. The van der Waals surface area contributed by atoms with Crippen LogP contribution >= 0.6 is 11.6 Å². The summed E-state index contributed by atoms with van der Waals surface area (Å²) in [5.41, 5.74) is 5.60. The number of likely N-dealkylation sites (tertiary alicyclic amines) is 1. The number of carbonyl (C=O) groups is 2. The molecule has 0 unspecified atom stereocenters. The minimum absolute atomic E-state index is 0.173. The molecule has 18 heavy (non-hydrogen) atoms. The van der Waals surface area contributed by atoms with Crippen molar-refractivity contribution < 1.29 is 14.3 Å². The Morgan fingerprint density at radius 3 is 2.61 bits per heavy atom. The normalized spacial score (nSPS) is 15.1. The van der Waals surface area contributed by atoms with Gasteiger partial charge in [0.05, 0.1) is 13.0 Å². The van der Waals surface area contributed by atoms with Gasteiger partial charge in [0.15, 0.2) is 0 Å². The molecule has 1 aromatic carbocycles. The van der Waals surface area contributed by atoms with Crippen LogP contribution in [0.4, 0.5) is 0 Å². The molecule has 0 radical (unpaired) electrons. The monoisotopic (exact) mass is 268 g/mol. The van der Waals surface area contributed by atoms with Gasteiger partial charge in [-0.3, -0.25) is 9.59 Å². The van der Waals surface area contributed by atoms with Gasteiger partial charge in [-0.2, -0.15) is 0 Å². The van der Waals surface area contributed by atoms with Gasteiger partial charge in [-0.15, -0.1) is 0 Å². The molecule has 2 N–H and O–H groups in total. The molecule has 0 aromatic heterocycles. The molecule has 2 rings (SSSR count). The standard InChI is InChI=1S/C12H13ClN2O3/c1-18-10-3-7(2-9(13)4-10)12(17)15-5-8(6-15)11(14)16/h2-4,8H,5-6H2,1H3,(H2,14,16). The fourth-order valence-corrected chi connectivity index (χ4v) is 2.04. The number of hydrogen-bond acceptors (Lipinski definition) is 3. The Kier molecular flexibility index (Phi) is 3.43. The van der Waals surface area contributed by atoms with E-state index in [9.17, 15) is 9.59 Å². The van der Waals surface area contributed by atoms with E-state index in [1.807, 2.05) is 0 Å². The molecule has 0 spiro atoms. The summed E-state index contributed by atoms with van der Waals surface area (Å²) in [5, 5.41) is 0.435. The van der Waals surface area contributed by atoms with Gasteiger partial charge in [-0.1, -0.05) is 11.6 Å². The lowest BCUT2D eigenvalue weighted by atomic mass is 9.98. The summed E-state index contributed by atoms with van der Waals surface area (Å²) >= 11 is 5.89. The van der Waals surface area contributed by atoms with E-state index in [0.29, 0.717) is 29.4 Å². The van der Waals surface area contributed by atoms with E-state index in [1.54, 1.807) is 23.1 Å². The second-order valence-electron chi connectivity index (χ2n) is 4.19. The van der Waals surface area contributed by atoms with Gasteiger partial charge in [0.25, 0.3) is 5.91 Å². The van der Waals surface area contributed by atoms with Crippen molar-refractivity contribution in [1.29, 1.82) is 0 Å². The molecule has 0 atom stereocenters. The van der Waals surface area contributed by atoms with Crippen molar-refractivity contribution in [1.82, 2.24) is 4.90 Å². The lowest BCUT2D eigenvalue weighted by molar-refractivity contribution is -0.125. The molecule has 1 saturated heterocycles. The van der Waals surface area contributed by atoms with Gasteiger partial charge >= 0.3 is 0 Å². The molecular formula is C12H13ClN2O3. The summed E-state index contributed by atoms with van der Waals surface area (Å²) < 4.78 is 5.05. The Hall–Kier alpha value is -1.75. The van der Waals surface area contributed by atoms with Gasteiger partial charge in [0.2, 0.25) is 5.91 Å². The van der Waals surface area contributed by atoms with Gasteiger partial charge in [-0.25, -0.2) is 0 Å². The second kappa shape index (κ2) is 4.86. The van der Waals surface area contributed by atoms with E-state index >= 15 is 0 Å². The molecule has 2 amide bonds. The van der Waals surface area contributed by atoms with Crippen molar-refractivity contribution in [3.63, 3.8) is 0 Å². The zero-order valence-corrected chi connectivity index (χ0v) is 10.6. The molecule has 1 fully saturated rings. The lowest BCUT2D eigenvalue weighted by Crippen LogP contribution is -2.54. The average Bonchev–Trinajstić information content (AvgIpc) is 2.25. The molecule has 6 heteroatoms. The molecule has 1 aliphatic heterocycles. The third-order valence-electron chi connectivity index (χ3n) is 2.93. The number of rotatable bonds is 3. The summed E-state index contributed by atoms with van der Waals surface area (Å²) in [6.45, 7) is 0.728. The Morgan fingerprint density at radius 1 is 1.39 bits per heavy atom. The first-order chi connectivity index (χ1) is 8.51. The van der Waals surface area contributed by atoms with E-state index in [2.05, 4.69) is 0 Å². The molecule has 1 heterocycles. The van der Waals surface area contributed by atoms with Crippen LogP contribution in [0.1, 0.15) is 10.4 Å². The molecule has 96 valence electrons. The maximum atomic E-state index is 12.1. The molecular weight excluding hydrogens is 256 g/mol. The zero-order chi connectivity index (χ0) is 13.3. The molecule has 1 aromatic rings. The number of hydrogen-bond donors (Lipinski definition) is 1. The highest BCUT2D eigenvalue weighted by Crippen LogP contribution is 2.24. The smallest absolute Gasteiger partial charge is 0.254 e. The second-order valence-corrected chi connectivity index (χ2v) is 4.63. The average molecular weight is 269 g/mol. The van der Waals surface area contributed by atoms with E-state index < -0.39 is 0 Å². The Labute approximate surface area is 109 Å². The summed E-state index contributed by atoms with van der Waals surface area (Å²) in [6, 6.07) is 4.82. The van der Waals surface area contributed by atoms with E-state index in [0.717, 1.165) is 0 Å². The largest absolute Gasteiger partial charge is 0.497 e. The SMILES string of the molecule is COc1cc(Cl)cc(C(=O)N2CC(C(N)=O)C2)c1. The van der Waals surface area contributed by atoms with Crippen LogP contribution in [0.2, 0.25) is 5.02 Å². The van der Waals surface area contributed by atoms with Gasteiger partial charge in [0.1, 0.15) is 5.75 Å². The van der Waals surface area contributed by atoms with Crippen LogP contribution in [0, 0.1) is 5.92 Å². The number of halogens is 1. The Bertz CT molecular complexity index is 498. The van der Waals surface area contributed by atoms with Crippen molar-refractivity contribution in [2.75, 3.05) is 20.2 Å². The molecule has 0 saturated carbocycles. The Morgan fingerprint density at radius 2 is 2.06 bits per heavy atom. The molecule has 1 aliphatic rings. The minimum atomic E-state index is -0.372. The third-order valence-corrected chi connectivity index (χ3v) is 3.14. The van der Waals surface area contributed by atoms with Gasteiger partial charge < -0.3 is 15.4 Å². The zero-order valence-electron chi connectivity index (χ0n) is 9.85. The van der Waals surface area contributed by atoms with Crippen LogP contribution in [0.15, 0.2) is 18.2 Å². The van der Waals surface area contributed by atoms with Crippen molar-refractivity contribution in [3.8, 4) is 5.75 Å². The van der Waals surface area contributed by atoms with Gasteiger partial charge in [0, 0.05) is 23.7 Å². The van der Waals surface area contributed by atoms with Crippen LogP contribution in [0.5, 0.6) is 5.75 Å². The number of primary amides is 1. The number of benzene rings is 1. The topological polar surface area (TPSA) is 72.6 Å². The van der Waals surface area contributed by atoms with Crippen molar-refractivity contribution in [2.24, 2.45) is 11.7 Å². The molecule has 5 nitrogen and oxygen atoms in total. The van der Waals surface area contributed by atoms with Crippen LogP contribution < -0.4 is 10.5 Å². The fourth-order valence-electron chi connectivity index (χ4n) is 1.81. The Balaban J connectivity index is 2.11. The van der Waals surface area contributed by atoms with Crippen molar-refractivity contribution in [2.45, 2.75) is 0 Å². The van der Waals surface area contributed by atoms with Crippen molar-refractivity contribution >= 4 is 23.4 Å². The summed E-state index contributed by atoms with van der Waals surface area (Å²) in [4.78, 5) is 24.5. The first kappa shape index (κ1) is 12.7. The first-order valence-electron chi connectivity index (χ1n) is 5.44. The van der Waals surface area contributed by atoms with Crippen LogP contribution in [0.3, 0.4) is 0 Å². The maximum absolute atomic E-state index is 12.1. The number of ether oxygens (including phenoxy) is 1. The summed E-state index contributed by atoms with van der Waals surface area (Å²) in [6.07, 6.45) is 0. The molecule has 0 aliphatic carbocycles. The fraction of sp³-hybridized carbons (Fsp3) is 0.333. The predicted molar refractivity (Wildman–Crippen MR) is 66.6 cm³/mol. The highest BCUT2D eigenvalue weighted by atomic mass is 35.5. The van der Waals surface area contributed by atoms with Crippen LogP contribution in [-0.4, -0.2) is 36.9 Å². The van der Waals surface area contributed by atoms with Crippen LogP contribution in [0.25, 0.3) is 0 Å². The lowest BCUT2D eigenvalue weighted by Gasteiger charge is -2.37. The highest BCUT2D eigenvalue weighted by Gasteiger charge is 2.34. The minimum Gasteiger partial charge on any atom is -0.497 e. The number of carbonyl (C=O) groups excluding carboxylic acids is 2. The van der Waals surface area contributed by atoms with Crippen LogP contribution in [-0.2, 0) is 4.79 Å². The number of amides is 2. The summed E-state index contributed by atoms with van der Waals surface area (Å²) in [7, 11) is 1.51. The number of nitrogens with two attached hydrogens (primary N) is 1. The van der Waals surface area contributed by atoms with Gasteiger partial charge in [-0.05, 0) is 18.2 Å². The molecule has 0 bridgehead atoms. The number of nitrogens with zero attached hydrogens (tertiary/aromatic N) is 1. The quantitative estimate of drug-likeness (QED) is 0.885. The maximum Gasteiger partial charge on any atom is 0.254 e. The third kappa shape index (κ3) is 2.41. The van der Waals surface area contributed by atoms with E-state index in [1.165, 1.54) is 7.11 Å². The van der Waals surface area contributed by atoms with Crippen molar-refractivity contribution in [3.05, 3.63) is 28.8 Å². The first-order valence-corrected chi connectivity index (χ1v) is 5.82. The summed E-state index contributed by atoms with van der Waals surface area (Å²) in [5.74, 6) is -0.260. The predicted octanol–water partition coefficient (Wildman–Crippen LogP) is 0.906. The number of methoxy groups -OCH3 is 1. The van der Waals surface area contributed by atoms with E-state index in [-0.39, 0.29) is 17.7 Å².